The molecule has 1 N–H and O–H groups in total. The Hall–Kier alpha value is -2.12. The SMILES string of the molecule is CCOc1cc(C(=S)N2CCC(C)CC2)ccc1OCC(=O)Nc1ccc(Br)c(C)c1. The van der Waals surface area contributed by atoms with Gasteiger partial charge in [0.05, 0.1) is 6.61 Å². The highest BCUT2D eigenvalue weighted by atomic mass is 79.9. The number of benzene rings is 2. The van der Waals surface area contributed by atoms with E-state index in [9.17, 15) is 4.79 Å². The molecule has 31 heavy (non-hydrogen) atoms. The van der Waals surface area contributed by atoms with Gasteiger partial charge >= 0.3 is 0 Å². The molecule has 0 aliphatic carbocycles. The number of amides is 1. The maximum absolute atomic E-state index is 12.3. The molecule has 1 amide bonds. The summed E-state index contributed by atoms with van der Waals surface area (Å²) in [6.07, 6.45) is 2.32. The van der Waals surface area contributed by atoms with Gasteiger partial charge in [-0.2, -0.15) is 0 Å². The van der Waals surface area contributed by atoms with Gasteiger partial charge in [-0.3, -0.25) is 4.79 Å². The molecule has 2 aromatic carbocycles. The number of halogens is 1. The van der Waals surface area contributed by atoms with Crippen molar-refractivity contribution in [3.05, 3.63) is 52.0 Å². The van der Waals surface area contributed by atoms with Crippen LogP contribution in [0.2, 0.25) is 0 Å². The number of piperidine rings is 1. The van der Waals surface area contributed by atoms with Crippen LogP contribution in [-0.4, -0.2) is 42.1 Å². The van der Waals surface area contributed by atoms with Crippen molar-refractivity contribution in [2.45, 2.75) is 33.6 Å². The van der Waals surface area contributed by atoms with Crippen LogP contribution in [0.4, 0.5) is 5.69 Å². The highest BCUT2D eigenvalue weighted by Crippen LogP contribution is 2.30. The molecule has 7 heteroatoms. The van der Waals surface area contributed by atoms with Crippen LogP contribution in [0.1, 0.15) is 37.8 Å². The highest BCUT2D eigenvalue weighted by Gasteiger charge is 2.20. The highest BCUT2D eigenvalue weighted by molar-refractivity contribution is 9.10. The van der Waals surface area contributed by atoms with E-state index in [-0.39, 0.29) is 12.5 Å². The zero-order chi connectivity index (χ0) is 22.4. The molecule has 0 bridgehead atoms. The summed E-state index contributed by atoms with van der Waals surface area (Å²) >= 11 is 9.19. The normalized spacial score (nSPS) is 14.3. The molecule has 1 aliphatic rings. The molecule has 0 spiro atoms. The number of anilines is 1. The van der Waals surface area contributed by atoms with Crippen molar-refractivity contribution >= 4 is 44.7 Å². The van der Waals surface area contributed by atoms with Crippen molar-refractivity contribution in [1.82, 2.24) is 4.90 Å². The first-order valence-electron chi connectivity index (χ1n) is 10.6. The van der Waals surface area contributed by atoms with Crippen LogP contribution >= 0.6 is 28.1 Å². The second-order valence-corrected chi connectivity index (χ2v) is 9.11. The van der Waals surface area contributed by atoms with Crippen LogP contribution in [0, 0.1) is 12.8 Å². The van der Waals surface area contributed by atoms with Gasteiger partial charge in [0.25, 0.3) is 5.91 Å². The van der Waals surface area contributed by atoms with E-state index in [4.69, 9.17) is 21.7 Å². The van der Waals surface area contributed by atoms with Crippen LogP contribution in [0.5, 0.6) is 11.5 Å². The third-order valence-corrected chi connectivity index (χ3v) is 6.75. The lowest BCUT2D eigenvalue weighted by Gasteiger charge is -2.32. The topological polar surface area (TPSA) is 50.8 Å². The minimum atomic E-state index is -0.230. The third-order valence-electron chi connectivity index (χ3n) is 5.36. The first kappa shape index (κ1) is 23.5. The maximum atomic E-state index is 12.3. The fourth-order valence-corrected chi connectivity index (χ4v) is 4.04. The van der Waals surface area contributed by atoms with Gasteiger partial charge in [-0.25, -0.2) is 0 Å². The third kappa shape index (κ3) is 6.43. The molecule has 1 fully saturated rings. The molecule has 1 saturated heterocycles. The first-order chi connectivity index (χ1) is 14.9. The number of carbonyl (C=O) groups excluding carboxylic acids is 1. The molecular weight excluding hydrogens is 476 g/mol. The Bertz CT molecular complexity index is 942. The minimum Gasteiger partial charge on any atom is -0.490 e. The number of hydrogen-bond donors (Lipinski definition) is 1. The van der Waals surface area contributed by atoms with E-state index in [0.717, 1.165) is 58.1 Å². The average Bonchev–Trinajstić information content (AvgIpc) is 2.75. The molecule has 3 rings (SSSR count). The van der Waals surface area contributed by atoms with Crippen LogP contribution < -0.4 is 14.8 Å². The maximum Gasteiger partial charge on any atom is 0.262 e. The van der Waals surface area contributed by atoms with Gasteiger partial charge in [0.2, 0.25) is 0 Å². The summed E-state index contributed by atoms with van der Waals surface area (Å²) in [7, 11) is 0. The van der Waals surface area contributed by atoms with Gasteiger partial charge in [0.15, 0.2) is 18.1 Å². The van der Waals surface area contributed by atoms with E-state index in [1.807, 2.05) is 50.2 Å². The van der Waals surface area contributed by atoms with Crippen LogP contribution in [0.15, 0.2) is 40.9 Å². The van der Waals surface area contributed by atoms with Crippen molar-refractivity contribution in [3.8, 4) is 11.5 Å². The summed E-state index contributed by atoms with van der Waals surface area (Å²) in [6, 6.07) is 11.3. The Kier molecular flexibility index (Phi) is 8.32. The van der Waals surface area contributed by atoms with Gasteiger partial charge < -0.3 is 19.7 Å². The molecule has 0 saturated carbocycles. The number of thiocarbonyl (C=S) groups is 1. The van der Waals surface area contributed by atoms with E-state index in [2.05, 4.69) is 33.1 Å². The molecule has 0 atom stereocenters. The second-order valence-electron chi connectivity index (χ2n) is 7.87. The molecule has 5 nitrogen and oxygen atoms in total. The zero-order valence-corrected chi connectivity index (χ0v) is 20.6. The number of aryl methyl sites for hydroxylation is 1. The van der Waals surface area contributed by atoms with Gasteiger partial charge in [-0.1, -0.05) is 35.1 Å². The number of carbonyl (C=O) groups is 1. The van der Waals surface area contributed by atoms with Crippen molar-refractivity contribution in [2.24, 2.45) is 5.92 Å². The van der Waals surface area contributed by atoms with Crippen LogP contribution in [-0.2, 0) is 4.79 Å². The summed E-state index contributed by atoms with van der Waals surface area (Å²) in [5.74, 6) is 1.65. The molecule has 166 valence electrons. The fraction of sp³-hybridized carbons (Fsp3) is 0.417. The Labute approximate surface area is 198 Å². The summed E-state index contributed by atoms with van der Waals surface area (Å²) < 4.78 is 12.5. The van der Waals surface area contributed by atoms with Crippen molar-refractivity contribution < 1.29 is 14.3 Å². The molecule has 0 aromatic heterocycles. The van der Waals surface area contributed by atoms with Crippen LogP contribution in [0.3, 0.4) is 0 Å². The average molecular weight is 505 g/mol. The Morgan fingerprint density at radius 3 is 2.58 bits per heavy atom. The van der Waals surface area contributed by atoms with E-state index in [1.54, 1.807) is 0 Å². The van der Waals surface area contributed by atoms with Crippen molar-refractivity contribution in [2.75, 3.05) is 31.6 Å². The quantitative estimate of drug-likeness (QED) is 0.498. The molecule has 0 unspecified atom stereocenters. The van der Waals surface area contributed by atoms with Crippen molar-refractivity contribution in [1.29, 1.82) is 0 Å². The summed E-state index contributed by atoms with van der Waals surface area (Å²) in [4.78, 5) is 15.4. The number of likely N-dealkylation sites (tertiary alicyclic amines) is 1. The standard InChI is InChI=1S/C24H29BrN2O3S/c1-4-29-22-14-18(24(31)27-11-9-16(2)10-12-27)5-8-21(22)30-15-23(28)26-19-6-7-20(25)17(3)13-19/h5-8,13-14,16H,4,9-12,15H2,1-3H3,(H,26,28). The number of hydrogen-bond acceptors (Lipinski definition) is 4. The van der Waals surface area contributed by atoms with E-state index < -0.39 is 0 Å². The van der Waals surface area contributed by atoms with E-state index in [0.29, 0.717) is 18.1 Å². The lowest BCUT2D eigenvalue weighted by atomic mass is 9.99. The van der Waals surface area contributed by atoms with Crippen molar-refractivity contribution in [3.63, 3.8) is 0 Å². The van der Waals surface area contributed by atoms with Gasteiger partial charge in [0, 0.05) is 28.8 Å². The van der Waals surface area contributed by atoms with Gasteiger partial charge in [0.1, 0.15) is 4.99 Å². The molecule has 1 aliphatic heterocycles. The summed E-state index contributed by atoms with van der Waals surface area (Å²) in [5.41, 5.74) is 2.72. The summed E-state index contributed by atoms with van der Waals surface area (Å²) in [6.45, 7) is 8.54. The smallest absolute Gasteiger partial charge is 0.262 e. The Balaban J connectivity index is 1.64. The molecular formula is C24H29BrN2O3S. The molecule has 1 heterocycles. The largest absolute Gasteiger partial charge is 0.490 e. The van der Waals surface area contributed by atoms with Gasteiger partial charge in [-0.05, 0) is 74.6 Å². The molecule has 0 radical (unpaired) electrons. The fourth-order valence-electron chi connectivity index (χ4n) is 3.49. The Morgan fingerprint density at radius 1 is 1.16 bits per heavy atom. The number of ether oxygens (including phenoxy) is 2. The predicted octanol–water partition coefficient (Wildman–Crippen LogP) is 5.58. The van der Waals surface area contributed by atoms with E-state index >= 15 is 0 Å². The van der Waals surface area contributed by atoms with Crippen LogP contribution in [0.25, 0.3) is 0 Å². The molecule has 2 aromatic rings. The second kappa shape index (κ2) is 11.0. The number of nitrogens with one attached hydrogen (secondary N) is 1. The monoisotopic (exact) mass is 504 g/mol. The number of rotatable bonds is 7. The van der Waals surface area contributed by atoms with Gasteiger partial charge in [-0.15, -0.1) is 0 Å². The minimum absolute atomic E-state index is 0.108. The summed E-state index contributed by atoms with van der Waals surface area (Å²) in [5, 5.41) is 2.85. The van der Waals surface area contributed by atoms with E-state index in [1.165, 1.54) is 0 Å². The first-order valence-corrected chi connectivity index (χ1v) is 11.8. The lowest BCUT2D eigenvalue weighted by molar-refractivity contribution is -0.118. The zero-order valence-electron chi connectivity index (χ0n) is 18.2. The predicted molar refractivity (Wildman–Crippen MR) is 132 cm³/mol. The lowest BCUT2D eigenvalue weighted by Crippen LogP contribution is -2.37. The number of nitrogens with zero attached hydrogens (tertiary/aromatic N) is 1. The Morgan fingerprint density at radius 2 is 1.90 bits per heavy atom.